The van der Waals surface area contributed by atoms with Crippen LogP contribution in [-0.2, 0) is 14.8 Å². The molecule has 1 aliphatic rings. The van der Waals surface area contributed by atoms with Crippen molar-refractivity contribution in [3.63, 3.8) is 0 Å². The number of carbonyl (C=O) groups excluding carboxylic acids is 1. The van der Waals surface area contributed by atoms with Crippen LogP contribution in [0, 0.1) is 5.82 Å². The van der Waals surface area contributed by atoms with Crippen molar-refractivity contribution >= 4 is 15.9 Å². The maximum absolute atomic E-state index is 13.1. The van der Waals surface area contributed by atoms with Gasteiger partial charge in [-0.1, -0.05) is 12.6 Å². The van der Waals surface area contributed by atoms with Crippen LogP contribution in [0.25, 0.3) is 0 Å². The Labute approximate surface area is 123 Å². The van der Waals surface area contributed by atoms with E-state index < -0.39 is 15.8 Å². The zero-order valence-electron chi connectivity index (χ0n) is 11.5. The van der Waals surface area contributed by atoms with Crippen LogP contribution >= 0.6 is 0 Å². The summed E-state index contributed by atoms with van der Waals surface area (Å²) in [5.74, 6) is -0.824. The van der Waals surface area contributed by atoms with Gasteiger partial charge in [-0.05, 0) is 37.1 Å². The van der Waals surface area contributed by atoms with Crippen molar-refractivity contribution in [3.8, 4) is 0 Å². The van der Waals surface area contributed by atoms with Gasteiger partial charge in [0.05, 0.1) is 4.90 Å². The number of rotatable bonds is 4. The number of nitrogens with zero attached hydrogens (tertiary/aromatic N) is 1. The van der Waals surface area contributed by atoms with Gasteiger partial charge in [0.1, 0.15) is 5.82 Å². The second-order valence-corrected chi connectivity index (χ2v) is 6.62. The summed E-state index contributed by atoms with van der Waals surface area (Å²) in [5, 5.41) is 0. The molecule has 1 aromatic carbocycles. The molecular weight excluding hydrogens is 295 g/mol. The van der Waals surface area contributed by atoms with Crippen LogP contribution in [-0.4, -0.2) is 38.4 Å². The Bertz CT molecular complexity index is 645. The first kappa shape index (κ1) is 15.7. The minimum atomic E-state index is -3.79. The van der Waals surface area contributed by atoms with E-state index in [0.717, 1.165) is 6.07 Å². The average Bonchev–Trinajstić information content (AvgIpc) is 2.46. The number of carbonyl (C=O) groups is 1. The molecule has 0 saturated carbocycles. The van der Waals surface area contributed by atoms with Crippen LogP contribution in [0.2, 0.25) is 0 Å². The molecule has 114 valence electrons. The molecule has 1 aliphatic heterocycles. The van der Waals surface area contributed by atoms with Gasteiger partial charge in [0, 0.05) is 19.1 Å². The third kappa shape index (κ3) is 3.89. The summed E-state index contributed by atoms with van der Waals surface area (Å²) in [7, 11) is -3.79. The quantitative estimate of drug-likeness (QED) is 0.852. The molecule has 1 N–H and O–H groups in total. The van der Waals surface area contributed by atoms with E-state index in [0.29, 0.717) is 25.9 Å². The van der Waals surface area contributed by atoms with E-state index in [2.05, 4.69) is 11.3 Å². The summed E-state index contributed by atoms with van der Waals surface area (Å²) >= 11 is 0. The lowest BCUT2D eigenvalue weighted by atomic mass is 10.1. The van der Waals surface area contributed by atoms with Crippen molar-refractivity contribution in [3.05, 3.63) is 42.7 Å². The Morgan fingerprint density at radius 1 is 1.48 bits per heavy atom. The molecule has 1 aromatic rings. The minimum Gasteiger partial charge on any atom is -0.338 e. The first-order valence-electron chi connectivity index (χ1n) is 6.61. The first-order chi connectivity index (χ1) is 9.92. The van der Waals surface area contributed by atoms with Gasteiger partial charge >= 0.3 is 0 Å². The summed E-state index contributed by atoms with van der Waals surface area (Å²) in [6.07, 6.45) is 2.55. The molecule has 0 aliphatic carbocycles. The highest BCUT2D eigenvalue weighted by atomic mass is 32.2. The predicted molar refractivity (Wildman–Crippen MR) is 76.5 cm³/mol. The fourth-order valence-electron chi connectivity index (χ4n) is 2.32. The van der Waals surface area contributed by atoms with E-state index in [9.17, 15) is 17.6 Å². The van der Waals surface area contributed by atoms with Crippen molar-refractivity contribution in [2.24, 2.45) is 0 Å². The van der Waals surface area contributed by atoms with Crippen LogP contribution in [0.5, 0.6) is 0 Å². The second-order valence-electron chi connectivity index (χ2n) is 4.91. The Hall–Kier alpha value is -1.73. The number of sulfonamides is 1. The fourth-order valence-corrected chi connectivity index (χ4v) is 3.62. The fraction of sp³-hybridized carbons (Fsp3) is 0.357. The average molecular weight is 312 g/mol. The van der Waals surface area contributed by atoms with Gasteiger partial charge in [-0.2, -0.15) is 0 Å². The Morgan fingerprint density at radius 3 is 2.90 bits per heavy atom. The number of halogens is 1. The normalized spacial score (nSPS) is 19.3. The maximum Gasteiger partial charge on any atom is 0.246 e. The van der Waals surface area contributed by atoms with Gasteiger partial charge < -0.3 is 4.90 Å². The molecule has 0 radical (unpaired) electrons. The summed E-state index contributed by atoms with van der Waals surface area (Å²) in [6.45, 7) is 4.30. The highest BCUT2D eigenvalue weighted by molar-refractivity contribution is 7.89. The molecule has 0 spiro atoms. The van der Waals surface area contributed by atoms with Gasteiger partial charge in [0.25, 0.3) is 0 Å². The van der Waals surface area contributed by atoms with Crippen LogP contribution in [0.3, 0.4) is 0 Å². The molecule has 0 bridgehead atoms. The van der Waals surface area contributed by atoms with Crippen LogP contribution < -0.4 is 4.72 Å². The standard InChI is InChI=1S/C14H17FN2O3S/c1-2-14(18)17-8-4-6-12(10-17)16-21(19,20)13-7-3-5-11(15)9-13/h2-3,5,7,9,12,16H,1,4,6,8,10H2/t12-/m1/s1. The number of piperidine rings is 1. The molecule has 7 heteroatoms. The third-order valence-electron chi connectivity index (χ3n) is 3.34. The second kappa shape index (κ2) is 6.36. The van der Waals surface area contributed by atoms with E-state index >= 15 is 0 Å². The summed E-state index contributed by atoms with van der Waals surface area (Å²) in [5.41, 5.74) is 0. The van der Waals surface area contributed by atoms with Gasteiger partial charge in [-0.25, -0.2) is 17.5 Å². The Kier molecular flexibility index (Phi) is 4.74. The molecule has 1 saturated heterocycles. The first-order valence-corrected chi connectivity index (χ1v) is 8.10. The van der Waals surface area contributed by atoms with E-state index in [1.165, 1.54) is 24.3 Å². The minimum absolute atomic E-state index is 0.116. The van der Waals surface area contributed by atoms with Crippen LogP contribution in [0.15, 0.2) is 41.8 Å². The van der Waals surface area contributed by atoms with E-state index in [-0.39, 0.29) is 16.8 Å². The Morgan fingerprint density at radius 2 is 2.24 bits per heavy atom. The lowest BCUT2D eigenvalue weighted by Crippen LogP contribution is -2.49. The lowest BCUT2D eigenvalue weighted by Gasteiger charge is -2.32. The van der Waals surface area contributed by atoms with E-state index in [1.54, 1.807) is 4.90 Å². The lowest BCUT2D eigenvalue weighted by molar-refractivity contribution is -0.127. The molecule has 1 fully saturated rings. The van der Waals surface area contributed by atoms with Crippen molar-refractivity contribution in [2.75, 3.05) is 13.1 Å². The summed E-state index contributed by atoms with van der Waals surface area (Å²) < 4.78 is 40.1. The predicted octanol–water partition coefficient (Wildman–Crippen LogP) is 1.28. The Balaban J connectivity index is 2.10. The van der Waals surface area contributed by atoms with Crippen LogP contribution in [0.1, 0.15) is 12.8 Å². The monoisotopic (exact) mass is 312 g/mol. The molecule has 5 nitrogen and oxygen atoms in total. The SMILES string of the molecule is C=CC(=O)N1CCC[C@@H](NS(=O)(=O)c2cccc(F)c2)C1. The number of benzene rings is 1. The number of hydrogen-bond donors (Lipinski definition) is 1. The van der Waals surface area contributed by atoms with E-state index in [4.69, 9.17) is 0 Å². The van der Waals surface area contributed by atoms with Gasteiger partial charge in [-0.3, -0.25) is 4.79 Å². The molecule has 2 rings (SSSR count). The molecule has 1 heterocycles. The maximum atomic E-state index is 13.1. The molecule has 1 amide bonds. The summed E-state index contributed by atoms with van der Waals surface area (Å²) in [6, 6.07) is 4.46. The smallest absolute Gasteiger partial charge is 0.246 e. The number of hydrogen-bond acceptors (Lipinski definition) is 3. The van der Waals surface area contributed by atoms with Crippen molar-refractivity contribution < 1.29 is 17.6 Å². The van der Waals surface area contributed by atoms with Crippen molar-refractivity contribution in [1.82, 2.24) is 9.62 Å². The summed E-state index contributed by atoms with van der Waals surface area (Å²) in [4.78, 5) is 13.0. The van der Waals surface area contributed by atoms with Crippen LogP contribution in [0.4, 0.5) is 4.39 Å². The highest BCUT2D eigenvalue weighted by Gasteiger charge is 2.26. The molecule has 1 atom stereocenters. The van der Waals surface area contributed by atoms with Gasteiger partial charge in [0.2, 0.25) is 15.9 Å². The van der Waals surface area contributed by atoms with Gasteiger partial charge in [0.15, 0.2) is 0 Å². The van der Waals surface area contributed by atoms with E-state index in [1.807, 2.05) is 0 Å². The number of likely N-dealkylation sites (tertiary alicyclic amines) is 1. The molecular formula is C14H17FN2O3S. The molecule has 0 unspecified atom stereocenters. The van der Waals surface area contributed by atoms with Crippen molar-refractivity contribution in [1.29, 1.82) is 0 Å². The zero-order valence-corrected chi connectivity index (χ0v) is 12.3. The number of amides is 1. The molecule has 21 heavy (non-hydrogen) atoms. The molecule has 0 aromatic heterocycles. The number of nitrogens with one attached hydrogen (secondary N) is 1. The third-order valence-corrected chi connectivity index (χ3v) is 4.85. The highest BCUT2D eigenvalue weighted by Crippen LogP contribution is 2.15. The largest absolute Gasteiger partial charge is 0.338 e. The van der Waals surface area contributed by atoms with Crippen molar-refractivity contribution in [2.45, 2.75) is 23.8 Å². The van der Waals surface area contributed by atoms with Gasteiger partial charge in [-0.15, -0.1) is 0 Å². The topological polar surface area (TPSA) is 66.5 Å². The zero-order chi connectivity index (χ0) is 15.5.